The summed E-state index contributed by atoms with van der Waals surface area (Å²) in [6, 6.07) is 4.08. The smallest absolute Gasteiger partial charge is 0.162 e. The molecule has 0 bridgehead atoms. The average Bonchev–Trinajstić information content (AvgIpc) is 2.46. The molecule has 1 aromatic rings. The van der Waals surface area contributed by atoms with Gasteiger partial charge in [0.1, 0.15) is 13.2 Å². The van der Waals surface area contributed by atoms with Gasteiger partial charge in [0, 0.05) is 40.3 Å². The van der Waals surface area contributed by atoms with E-state index in [9.17, 15) is 4.21 Å². The maximum absolute atomic E-state index is 11.3. The minimum Gasteiger partial charge on any atom is -0.486 e. The van der Waals surface area contributed by atoms with Gasteiger partial charge in [-0.2, -0.15) is 0 Å². The van der Waals surface area contributed by atoms with Gasteiger partial charge in [0.25, 0.3) is 0 Å². The standard InChI is InChI=1S/C14H21NO3S2/c1-10(20(3)16)8-15-9-11-6-12-13(7-14(11)19-2)18-5-4-17-12/h6-7,10,15H,4-5,8-9H2,1-3H3. The van der Waals surface area contributed by atoms with E-state index in [-0.39, 0.29) is 5.25 Å². The molecule has 2 unspecified atom stereocenters. The maximum Gasteiger partial charge on any atom is 0.162 e. The molecule has 1 aliphatic heterocycles. The molecule has 2 rings (SSSR count). The quantitative estimate of drug-likeness (QED) is 0.814. The monoisotopic (exact) mass is 315 g/mol. The lowest BCUT2D eigenvalue weighted by Gasteiger charge is -2.21. The molecule has 0 spiro atoms. The highest BCUT2D eigenvalue weighted by Gasteiger charge is 2.15. The van der Waals surface area contributed by atoms with Crippen LogP contribution in [-0.2, 0) is 17.3 Å². The van der Waals surface area contributed by atoms with Crippen LogP contribution in [0.3, 0.4) is 0 Å². The number of hydrogen-bond donors (Lipinski definition) is 1. The molecule has 1 aromatic carbocycles. The Morgan fingerprint density at radius 1 is 1.35 bits per heavy atom. The van der Waals surface area contributed by atoms with Gasteiger partial charge in [0.05, 0.1) is 0 Å². The summed E-state index contributed by atoms with van der Waals surface area (Å²) in [5.41, 5.74) is 1.19. The summed E-state index contributed by atoms with van der Waals surface area (Å²) in [6.45, 7) is 4.69. The fourth-order valence-corrected chi connectivity index (χ4v) is 2.94. The number of rotatable bonds is 6. The minimum atomic E-state index is -0.790. The van der Waals surface area contributed by atoms with E-state index in [2.05, 4.69) is 11.6 Å². The first-order chi connectivity index (χ1) is 9.61. The van der Waals surface area contributed by atoms with Gasteiger partial charge in [-0.25, -0.2) is 0 Å². The van der Waals surface area contributed by atoms with Crippen LogP contribution >= 0.6 is 11.8 Å². The van der Waals surface area contributed by atoms with Crippen LogP contribution in [0, 0.1) is 0 Å². The van der Waals surface area contributed by atoms with Gasteiger partial charge in [-0.1, -0.05) is 0 Å². The van der Waals surface area contributed by atoms with Gasteiger partial charge in [0.2, 0.25) is 0 Å². The molecule has 0 radical (unpaired) electrons. The van der Waals surface area contributed by atoms with Crippen LogP contribution in [0.2, 0.25) is 0 Å². The molecule has 112 valence electrons. The molecule has 0 fully saturated rings. The van der Waals surface area contributed by atoms with Crippen molar-refractivity contribution < 1.29 is 13.7 Å². The zero-order chi connectivity index (χ0) is 14.5. The molecule has 0 saturated heterocycles. The van der Waals surface area contributed by atoms with Crippen molar-refractivity contribution in [3.63, 3.8) is 0 Å². The van der Waals surface area contributed by atoms with Crippen LogP contribution in [0.1, 0.15) is 12.5 Å². The summed E-state index contributed by atoms with van der Waals surface area (Å²) >= 11 is 1.70. The SMILES string of the molecule is CSc1cc2c(cc1CNCC(C)S(C)=O)OCCO2. The van der Waals surface area contributed by atoms with Gasteiger partial charge in [-0.3, -0.25) is 4.21 Å². The van der Waals surface area contributed by atoms with Crippen molar-refractivity contribution >= 4 is 22.6 Å². The molecule has 0 amide bonds. The Morgan fingerprint density at radius 3 is 2.60 bits per heavy atom. The molecule has 1 N–H and O–H groups in total. The van der Waals surface area contributed by atoms with E-state index in [0.717, 1.165) is 24.6 Å². The Bertz CT molecular complexity index is 494. The number of thioether (sulfide) groups is 1. The van der Waals surface area contributed by atoms with E-state index >= 15 is 0 Å². The Labute approximate surface area is 127 Å². The Morgan fingerprint density at radius 2 is 2.00 bits per heavy atom. The van der Waals surface area contributed by atoms with E-state index in [1.165, 1.54) is 10.5 Å². The number of nitrogens with one attached hydrogen (secondary N) is 1. The molecule has 4 nitrogen and oxygen atoms in total. The summed E-state index contributed by atoms with van der Waals surface area (Å²) in [5.74, 6) is 1.64. The summed E-state index contributed by atoms with van der Waals surface area (Å²) in [4.78, 5) is 1.19. The normalized spacial score (nSPS) is 16.8. The summed E-state index contributed by atoms with van der Waals surface area (Å²) in [5, 5.41) is 3.52. The van der Waals surface area contributed by atoms with Crippen molar-refractivity contribution in [3.05, 3.63) is 17.7 Å². The second kappa shape index (κ2) is 7.33. The second-order valence-electron chi connectivity index (χ2n) is 4.75. The van der Waals surface area contributed by atoms with Crippen molar-refractivity contribution in [2.24, 2.45) is 0 Å². The molecule has 20 heavy (non-hydrogen) atoms. The van der Waals surface area contributed by atoms with Crippen LogP contribution in [0.25, 0.3) is 0 Å². The van der Waals surface area contributed by atoms with Crippen LogP contribution in [-0.4, -0.2) is 41.7 Å². The van der Waals surface area contributed by atoms with Crippen LogP contribution in [0.15, 0.2) is 17.0 Å². The Kier molecular flexibility index (Phi) is 5.74. The van der Waals surface area contributed by atoms with Crippen molar-refractivity contribution in [2.45, 2.75) is 23.6 Å². The molecule has 2 atom stereocenters. The molecular formula is C14H21NO3S2. The highest BCUT2D eigenvalue weighted by atomic mass is 32.2. The van der Waals surface area contributed by atoms with Gasteiger partial charge in [-0.05, 0) is 30.9 Å². The molecule has 1 aliphatic rings. The van der Waals surface area contributed by atoms with E-state index in [1.807, 2.05) is 19.1 Å². The van der Waals surface area contributed by atoms with Crippen molar-refractivity contribution in [1.29, 1.82) is 0 Å². The van der Waals surface area contributed by atoms with Crippen LogP contribution in [0.5, 0.6) is 11.5 Å². The maximum atomic E-state index is 11.3. The molecule has 6 heteroatoms. The van der Waals surface area contributed by atoms with Gasteiger partial charge < -0.3 is 14.8 Å². The average molecular weight is 315 g/mol. The fourth-order valence-electron chi connectivity index (χ4n) is 1.97. The third-order valence-electron chi connectivity index (χ3n) is 3.26. The van der Waals surface area contributed by atoms with E-state index in [4.69, 9.17) is 9.47 Å². The Hall–Kier alpha value is -0.720. The summed E-state index contributed by atoms with van der Waals surface area (Å²) < 4.78 is 22.5. The lowest BCUT2D eigenvalue weighted by atomic mass is 10.2. The zero-order valence-electron chi connectivity index (χ0n) is 12.1. The number of benzene rings is 1. The van der Waals surface area contributed by atoms with Gasteiger partial charge in [-0.15, -0.1) is 11.8 Å². The number of ether oxygens (including phenoxy) is 2. The van der Waals surface area contributed by atoms with Crippen LogP contribution in [0.4, 0.5) is 0 Å². The lowest BCUT2D eigenvalue weighted by molar-refractivity contribution is 0.171. The Balaban J connectivity index is 2.04. The van der Waals surface area contributed by atoms with Gasteiger partial charge in [0.15, 0.2) is 11.5 Å². The van der Waals surface area contributed by atoms with E-state index in [0.29, 0.717) is 13.2 Å². The number of fused-ring (bicyclic) bond motifs is 1. The first-order valence-electron chi connectivity index (χ1n) is 6.61. The molecule has 0 aromatic heterocycles. The highest BCUT2D eigenvalue weighted by molar-refractivity contribution is 7.98. The topological polar surface area (TPSA) is 47.6 Å². The summed E-state index contributed by atoms with van der Waals surface area (Å²) in [6.07, 6.45) is 3.79. The minimum absolute atomic E-state index is 0.157. The second-order valence-corrected chi connectivity index (χ2v) is 7.40. The first kappa shape index (κ1) is 15.7. The van der Waals surface area contributed by atoms with Crippen molar-refractivity contribution in [2.75, 3.05) is 32.3 Å². The predicted molar refractivity (Wildman–Crippen MR) is 84.4 cm³/mol. The third kappa shape index (κ3) is 3.90. The predicted octanol–water partition coefficient (Wildman–Crippen LogP) is 2.04. The fraction of sp³-hybridized carbons (Fsp3) is 0.571. The first-order valence-corrected chi connectivity index (χ1v) is 9.46. The van der Waals surface area contributed by atoms with Crippen molar-refractivity contribution in [3.8, 4) is 11.5 Å². The van der Waals surface area contributed by atoms with Crippen molar-refractivity contribution in [1.82, 2.24) is 5.32 Å². The molecular weight excluding hydrogens is 294 g/mol. The molecule has 0 saturated carbocycles. The summed E-state index contributed by atoms with van der Waals surface area (Å²) in [7, 11) is -0.790. The number of hydrogen-bond acceptors (Lipinski definition) is 5. The van der Waals surface area contributed by atoms with Crippen LogP contribution < -0.4 is 14.8 Å². The van der Waals surface area contributed by atoms with Gasteiger partial charge >= 0.3 is 0 Å². The lowest BCUT2D eigenvalue weighted by Crippen LogP contribution is -2.27. The molecule has 1 heterocycles. The third-order valence-corrected chi connectivity index (χ3v) is 5.38. The van der Waals surface area contributed by atoms with E-state index < -0.39 is 10.8 Å². The molecule has 0 aliphatic carbocycles. The largest absolute Gasteiger partial charge is 0.486 e. The van der Waals surface area contributed by atoms with E-state index in [1.54, 1.807) is 18.0 Å². The zero-order valence-corrected chi connectivity index (χ0v) is 13.7. The highest BCUT2D eigenvalue weighted by Crippen LogP contribution is 2.36.